The largest absolute Gasteiger partial charge is 0.324 e. The fraction of sp³-hybridized carbons (Fsp3) is 0.222. The van der Waals surface area contributed by atoms with Gasteiger partial charge in [-0.3, -0.25) is 4.40 Å². The molecule has 0 saturated heterocycles. The van der Waals surface area contributed by atoms with Gasteiger partial charge in [-0.25, -0.2) is 4.98 Å². The van der Waals surface area contributed by atoms with Crippen LogP contribution in [0.3, 0.4) is 0 Å². The van der Waals surface area contributed by atoms with Crippen molar-refractivity contribution < 1.29 is 0 Å². The molecule has 0 aliphatic carbocycles. The topological polar surface area (TPSA) is 43.3 Å². The second kappa shape index (κ2) is 3.01. The summed E-state index contributed by atoms with van der Waals surface area (Å²) in [6.07, 6.45) is 3.51. The summed E-state index contributed by atoms with van der Waals surface area (Å²) in [7, 11) is 0. The first-order valence-electron chi connectivity index (χ1n) is 4.06. The van der Waals surface area contributed by atoms with E-state index in [4.69, 9.17) is 17.3 Å². The number of aromatic nitrogens is 2. The smallest absolute Gasteiger partial charge is 0.138 e. The number of fused-ring (bicyclic) bond motifs is 1. The van der Waals surface area contributed by atoms with E-state index in [1.54, 1.807) is 6.20 Å². The van der Waals surface area contributed by atoms with Crippen LogP contribution in [0.25, 0.3) is 5.65 Å². The standard InChI is InChI=1S/C9H10ClN3/c1-6(11)7-2-3-13-8(10)5-12-9(13)4-7/h2-6H,11H2,1H3. The van der Waals surface area contributed by atoms with Gasteiger partial charge in [0.15, 0.2) is 0 Å². The molecule has 1 atom stereocenters. The average Bonchev–Trinajstić information content (AvgIpc) is 2.47. The highest BCUT2D eigenvalue weighted by atomic mass is 35.5. The van der Waals surface area contributed by atoms with Gasteiger partial charge in [-0.2, -0.15) is 0 Å². The van der Waals surface area contributed by atoms with Gasteiger partial charge in [-0.05, 0) is 24.6 Å². The summed E-state index contributed by atoms with van der Waals surface area (Å²) in [6.45, 7) is 1.94. The molecule has 2 aromatic heterocycles. The summed E-state index contributed by atoms with van der Waals surface area (Å²) in [6, 6.07) is 3.92. The van der Waals surface area contributed by atoms with Gasteiger partial charge in [-0.1, -0.05) is 11.6 Å². The van der Waals surface area contributed by atoms with Crippen LogP contribution >= 0.6 is 11.6 Å². The maximum atomic E-state index is 5.87. The van der Waals surface area contributed by atoms with Gasteiger partial charge in [0.05, 0.1) is 6.20 Å². The quantitative estimate of drug-likeness (QED) is 0.757. The Kier molecular flexibility index (Phi) is 1.98. The maximum absolute atomic E-state index is 5.87. The Hall–Kier alpha value is -1.06. The normalized spacial score (nSPS) is 13.5. The zero-order chi connectivity index (χ0) is 9.42. The summed E-state index contributed by atoms with van der Waals surface area (Å²) in [5.74, 6) is 0. The fourth-order valence-corrected chi connectivity index (χ4v) is 1.44. The van der Waals surface area contributed by atoms with Gasteiger partial charge in [-0.15, -0.1) is 0 Å². The third kappa shape index (κ3) is 1.41. The van der Waals surface area contributed by atoms with Crippen molar-refractivity contribution in [1.82, 2.24) is 9.38 Å². The van der Waals surface area contributed by atoms with E-state index < -0.39 is 0 Å². The number of nitrogens with two attached hydrogens (primary N) is 1. The molecule has 0 aliphatic heterocycles. The molecule has 0 radical (unpaired) electrons. The molecule has 0 bridgehead atoms. The molecule has 3 nitrogen and oxygen atoms in total. The molecule has 2 aromatic rings. The van der Waals surface area contributed by atoms with Crippen LogP contribution in [-0.2, 0) is 0 Å². The first kappa shape index (κ1) is 8.53. The summed E-state index contributed by atoms with van der Waals surface area (Å²) >= 11 is 5.87. The van der Waals surface area contributed by atoms with Crippen molar-refractivity contribution in [2.45, 2.75) is 13.0 Å². The van der Waals surface area contributed by atoms with Gasteiger partial charge < -0.3 is 5.73 Å². The summed E-state index contributed by atoms with van der Waals surface area (Å²) < 4.78 is 1.81. The SMILES string of the molecule is CC(N)c1ccn2c(Cl)cnc2c1. The Morgan fingerprint density at radius 2 is 2.38 bits per heavy atom. The summed E-state index contributed by atoms with van der Waals surface area (Å²) in [4.78, 5) is 4.14. The molecular formula is C9H10ClN3. The fourth-order valence-electron chi connectivity index (χ4n) is 1.25. The van der Waals surface area contributed by atoms with E-state index in [9.17, 15) is 0 Å². The van der Waals surface area contributed by atoms with E-state index in [0.29, 0.717) is 5.15 Å². The highest BCUT2D eigenvalue weighted by Gasteiger charge is 2.03. The predicted molar refractivity (Wildman–Crippen MR) is 52.8 cm³/mol. The summed E-state index contributed by atoms with van der Waals surface area (Å²) in [5, 5.41) is 0.617. The molecule has 68 valence electrons. The average molecular weight is 196 g/mol. The van der Waals surface area contributed by atoms with Gasteiger partial charge in [0.1, 0.15) is 10.8 Å². The molecule has 2 rings (SSSR count). The van der Waals surface area contributed by atoms with Crippen molar-refractivity contribution in [2.75, 3.05) is 0 Å². The van der Waals surface area contributed by atoms with Crippen molar-refractivity contribution in [3.63, 3.8) is 0 Å². The Balaban J connectivity index is 2.63. The Morgan fingerprint density at radius 1 is 1.62 bits per heavy atom. The second-order valence-electron chi connectivity index (χ2n) is 3.06. The molecule has 0 spiro atoms. The molecule has 4 heteroatoms. The molecule has 0 aliphatic rings. The van der Waals surface area contributed by atoms with E-state index in [0.717, 1.165) is 11.2 Å². The number of pyridine rings is 1. The van der Waals surface area contributed by atoms with Crippen LogP contribution in [-0.4, -0.2) is 9.38 Å². The number of halogens is 1. The van der Waals surface area contributed by atoms with E-state index in [2.05, 4.69) is 4.98 Å². The monoisotopic (exact) mass is 195 g/mol. The van der Waals surface area contributed by atoms with E-state index in [1.165, 1.54) is 0 Å². The van der Waals surface area contributed by atoms with Crippen LogP contribution < -0.4 is 5.73 Å². The molecule has 0 saturated carbocycles. The van der Waals surface area contributed by atoms with Crippen molar-refractivity contribution >= 4 is 17.2 Å². The van der Waals surface area contributed by atoms with E-state index in [-0.39, 0.29) is 6.04 Å². The first-order valence-corrected chi connectivity index (χ1v) is 4.44. The number of hydrogen-bond acceptors (Lipinski definition) is 2. The zero-order valence-electron chi connectivity index (χ0n) is 7.24. The van der Waals surface area contributed by atoms with Gasteiger partial charge in [0.25, 0.3) is 0 Å². The van der Waals surface area contributed by atoms with Crippen LogP contribution in [0.5, 0.6) is 0 Å². The zero-order valence-corrected chi connectivity index (χ0v) is 7.99. The molecule has 13 heavy (non-hydrogen) atoms. The highest BCUT2D eigenvalue weighted by Crippen LogP contribution is 2.16. The van der Waals surface area contributed by atoms with Gasteiger partial charge >= 0.3 is 0 Å². The van der Waals surface area contributed by atoms with Crippen molar-refractivity contribution in [3.8, 4) is 0 Å². The lowest BCUT2D eigenvalue weighted by atomic mass is 10.1. The number of rotatable bonds is 1. The van der Waals surface area contributed by atoms with Crippen LogP contribution in [0.15, 0.2) is 24.5 Å². The van der Waals surface area contributed by atoms with Gasteiger partial charge in [0, 0.05) is 12.2 Å². The molecule has 1 unspecified atom stereocenters. The Labute approximate surface area is 81.1 Å². The van der Waals surface area contributed by atoms with E-state index >= 15 is 0 Å². The molecular weight excluding hydrogens is 186 g/mol. The molecule has 2 N–H and O–H groups in total. The van der Waals surface area contributed by atoms with Crippen molar-refractivity contribution in [3.05, 3.63) is 35.2 Å². The lowest BCUT2D eigenvalue weighted by molar-refractivity contribution is 0.815. The second-order valence-corrected chi connectivity index (χ2v) is 3.45. The minimum Gasteiger partial charge on any atom is -0.324 e. The van der Waals surface area contributed by atoms with E-state index in [1.807, 2.05) is 29.7 Å². The lowest BCUT2D eigenvalue weighted by Gasteiger charge is -2.05. The molecule has 2 heterocycles. The third-order valence-corrected chi connectivity index (χ3v) is 2.30. The van der Waals surface area contributed by atoms with Crippen molar-refractivity contribution in [1.29, 1.82) is 0 Å². The number of imidazole rings is 1. The van der Waals surface area contributed by atoms with Gasteiger partial charge in [0.2, 0.25) is 0 Å². The van der Waals surface area contributed by atoms with Crippen LogP contribution in [0.1, 0.15) is 18.5 Å². The Morgan fingerprint density at radius 3 is 3.08 bits per heavy atom. The highest BCUT2D eigenvalue weighted by molar-refractivity contribution is 6.29. The third-order valence-electron chi connectivity index (χ3n) is 2.02. The van der Waals surface area contributed by atoms with Crippen LogP contribution in [0.4, 0.5) is 0 Å². The van der Waals surface area contributed by atoms with Crippen LogP contribution in [0, 0.1) is 0 Å². The first-order chi connectivity index (χ1) is 6.18. The van der Waals surface area contributed by atoms with Crippen LogP contribution in [0.2, 0.25) is 5.15 Å². The number of nitrogens with zero attached hydrogens (tertiary/aromatic N) is 2. The number of hydrogen-bond donors (Lipinski definition) is 1. The summed E-state index contributed by atoms with van der Waals surface area (Å²) in [5.41, 5.74) is 7.64. The lowest BCUT2D eigenvalue weighted by Crippen LogP contribution is -2.05. The Bertz CT molecular complexity index is 433. The van der Waals surface area contributed by atoms with Crippen molar-refractivity contribution in [2.24, 2.45) is 5.73 Å². The minimum absolute atomic E-state index is 0.0282. The molecule has 0 fully saturated rings. The molecule has 0 aromatic carbocycles. The predicted octanol–water partition coefficient (Wildman–Crippen LogP) is 2.01. The minimum atomic E-state index is 0.0282. The maximum Gasteiger partial charge on any atom is 0.138 e. The molecule has 0 amide bonds.